The summed E-state index contributed by atoms with van der Waals surface area (Å²) in [5.74, 6) is 0.423. The molecule has 0 spiro atoms. The van der Waals surface area contributed by atoms with Crippen LogP contribution in [0.25, 0.3) is 0 Å². The maximum Gasteiger partial charge on any atom is 0.128 e. The van der Waals surface area contributed by atoms with E-state index >= 15 is 0 Å². The van der Waals surface area contributed by atoms with Crippen molar-refractivity contribution in [2.24, 2.45) is 5.92 Å². The first-order chi connectivity index (χ1) is 7.68. The molecule has 1 fully saturated rings. The van der Waals surface area contributed by atoms with E-state index < -0.39 is 5.41 Å². The Morgan fingerprint density at radius 2 is 1.94 bits per heavy atom. The number of hydrogen-bond acceptors (Lipinski definition) is 1. The number of halogens is 1. The summed E-state index contributed by atoms with van der Waals surface area (Å²) < 4.78 is 13.8. The fourth-order valence-corrected chi connectivity index (χ4v) is 2.55. The zero-order valence-electron chi connectivity index (χ0n) is 9.54. The highest BCUT2D eigenvalue weighted by atomic mass is 19.1. The molecule has 0 aliphatic heterocycles. The highest BCUT2D eigenvalue weighted by Gasteiger charge is 2.37. The van der Waals surface area contributed by atoms with Gasteiger partial charge >= 0.3 is 0 Å². The van der Waals surface area contributed by atoms with E-state index in [4.69, 9.17) is 0 Å². The molecule has 0 unspecified atom stereocenters. The van der Waals surface area contributed by atoms with Gasteiger partial charge < -0.3 is 0 Å². The first kappa shape index (κ1) is 11.1. The Kier molecular flexibility index (Phi) is 2.96. The predicted octanol–water partition coefficient (Wildman–Crippen LogP) is 3.80. The largest absolute Gasteiger partial charge is 0.207 e. The zero-order chi connectivity index (χ0) is 11.6. The third kappa shape index (κ3) is 1.82. The first-order valence-corrected chi connectivity index (χ1v) is 5.84. The molecule has 0 saturated heterocycles. The highest BCUT2D eigenvalue weighted by molar-refractivity contribution is 5.34. The van der Waals surface area contributed by atoms with E-state index in [1.54, 1.807) is 12.1 Å². The number of rotatable bonds is 1. The van der Waals surface area contributed by atoms with Crippen LogP contribution in [0.1, 0.15) is 38.2 Å². The van der Waals surface area contributed by atoms with Crippen molar-refractivity contribution in [2.45, 2.75) is 38.0 Å². The van der Waals surface area contributed by atoms with Crippen LogP contribution in [0.2, 0.25) is 0 Å². The first-order valence-electron chi connectivity index (χ1n) is 5.84. The van der Waals surface area contributed by atoms with Crippen LogP contribution >= 0.6 is 0 Å². The predicted molar refractivity (Wildman–Crippen MR) is 61.3 cm³/mol. The molecule has 0 aromatic heterocycles. The third-order valence-electron chi connectivity index (χ3n) is 3.73. The Balaban J connectivity index is 2.37. The molecule has 0 heterocycles. The van der Waals surface area contributed by atoms with Gasteiger partial charge in [-0.3, -0.25) is 0 Å². The number of nitrogens with zero attached hydrogens (tertiary/aromatic N) is 1. The maximum atomic E-state index is 13.8. The standard InChI is InChI=1S/C14H16FN/c1-11-6-8-14(10-16,9-7-11)12-4-2-3-5-13(12)15/h2-5,11H,6-9H2,1H3. The summed E-state index contributed by atoms with van der Waals surface area (Å²) in [6, 6.07) is 9.06. The highest BCUT2D eigenvalue weighted by Crippen LogP contribution is 2.41. The molecule has 1 aromatic carbocycles. The fourth-order valence-electron chi connectivity index (χ4n) is 2.55. The SMILES string of the molecule is CC1CCC(C#N)(c2ccccc2F)CC1. The van der Waals surface area contributed by atoms with Gasteiger partial charge in [0.1, 0.15) is 5.82 Å². The average molecular weight is 217 g/mol. The molecule has 84 valence electrons. The summed E-state index contributed by atoms with van der Waals surface area (Å²) >= 11 is 0. The lowest BCUT2D eigenvalue weighted by Gasteiger charge is -2.34. The van der Waals surface area contributed by atoms with Crippen LogP contribution in [0, 0.1) is 23.1 Å². The van der Waals surface area contributed by atoms with E-state index in [0.29, 0.717) is 11.5 Å². The second kappa shape index (κ2) is 4.25. The molecule has 0 amide bonds. The van der Waals surface area contributed by atoms with Crippen LogP contribution in [-0.2, 0) is 5.41 Å². The summed E-state index contributed by atoms with van der Waals surface area (Å²) in [4.78, 5) is 0. The molecule has 2 heteroatoms. The smallest absolute Gasteiger partial charge is 0.128 e. The number of hydrogen-bond donors (Lipinski definition) is 0. The molecular weight excluding hydrogens is 201 g/mol. The molecule has 1 aliphatic rings. The lowest BCUT2D eigenvalue weighted by atomic mass is 9.68. The molecule has 0 N–H and O–H groups in total. The van der Waals surface area contributed by atoms with Crippen LogP contribution in [0.3, 0.4) is 0 Å². The second-order valence-electron chi connectivity index (χ2n) is 4.86. The molecule has 0 radical (unpaired) electrons. The van der Waals surface area contributed by atoms with Gasteiger partial charge in [0.15, 0.2) is 0 Å². The van der Waals surface area contributed by atoms with E-state index in [9.17, 15) is 9.65 Å². The van der Waals surface area contributed by atoms with Crippen LogP contribution < -0.4 is 0 Å². The Hall–Kier alpha value is -1.36. The van der Waals surface area contributed by atoms with Crippen LogP contribution in [0.15, 0.2) is 24.3 Å². The van der Waals surface area contributed by atoms with E-state index in [1.807, 2.05) is 6.07 Å². The quantitative estimate of drug-likeness (QED) is 0.702. The summed E-state index contributed by atoms with van der Waals surface area (Å²) in [7, 11) is 0. The van der Waals surface area contributed by atoms with Gasteiger partial charge in [-0.1, -0.05) is 25.1 Å². The minimum Gasteiger partial charge on any atom is -0.207 e. The maximum absolute atomic E-state index is 13.8. The van der Waals surface area contributed by atoms with Crippen molar-refractivity contribution in [3.63, 3.8) is 0 Å². The van der Waals surface area contributed by atoms with Gasteiger partial charge in [-0.2, -0.15) is 5.26 Å². The van der Waals surface area contributed by atoms with Crippen molar-refractivity contribution in [3.8, 4) is 6.07 Å². The number of benzene rings is 1. The third-order valence-corrected chi connectivity index (χ3v) is 3.73. The van der Waals surface area contributed by atoms with Crippen molar-refractivity contribution in [1.82, 2.24) is 0 Å². The van der Waals surface area contributed by atoms with Gasteiger partial charge in [-0.05, 0) is 37.7 Å². The molecule has 0 bridgehead atoms. The zero-order valence-corrected chi connectivity index (χ0v) is 9.54. The Morgan fingerprint density at radius 1 is 1.31 bits per heavy atom. The Morgan fingerprint density at radius 3 is 2.50 bits per heavy atom. The summed E-state index contributed by atoms with van der Waals surface area (Å²) in [5.41, 5.74) is 0.00194. The molecular formula is C14H16FN. The lowest BCUT2D eigenvalue weighted by Crippen LogP contribution is -2.30. The van der Waals surface area contributed by atoms with E-state index in [2.05, 4.69) is 13.0 Å². The minimum absolute atomic E-state index is 0.237. The molecule has 1 saturated carbocycles. The Bertz CT molecular complexity index is 411. The van der Waals surface area contributed by atoms with Crippen molar-refractivity contribution in [3.05, 3.63) is 35.6 Å². The Labute approximate surface area is 95.9 Å². The second-order valence-corrected chi connectivity index (χ2v) is 4.86. The normalized spacial score (nSPS) is 29.7. The van der Waals surface area contributed by atoms with E-state index in [1.165, 1.54) is 6.07 Å². The van der Waals surface area contributed by atoms with Crippen molar-refractivity contribution in [1.29, 1.82) is 5.26 Å². The van der Waals surface area contributed by atoms with Gasteiger partial charge in [0.05, 0.1) is 11.5 Å². The van der Waals surface area contributed by atoms with E-state index in [0.717, 1.165) is 25.7 Å². The molecule has 1 nitrogen and oxygen atoms in total. The monoisotopic (exact) mass is 217 g/mol. The van der Waals surface area contributed by atoms with Crippen molar-refractivity contribution >= 4 is 0 Å². The molecule has 2 rings (SSSR count). The van der Waals surface area contributed by atoms with Gasteiger partial charge in [0, 0.05) is 5.56 Å². The minimum atomic E-state index is -0.585. The molecule has 0 atom stereocenters. The van der Waals surface area contributed by atoms with Crippen LogP contribution in [0.5, 0.6) is 0 Å². The van der Waals surface area contributed by atoms with Gasteiger partial charge in [-0.25, -0.2) is 4.39 Å². The topological polar surface area (TPSA) is 23.8 Å². The lowest BCUT2D eigenvalue weighted by molar-refractivity contribution is 0.288. The van der Waals surface area contributed by atoms with Gasteiger partial charge in [0.2, 0.25) is 0 Å². The summed E-state index contributed by atoms with van der Waals surface area (Å²) in [6.07, 6.45) is 3.60. The molecule has 16 heavy (non-hydrogen) atoms. The van der Waals surface area contributed by atoms with Crippen molar-refractivity contribution in [2.75, 3.05) is 0 Å². The fraction of sp³-hybridized carbons (Fsp3) is 0.500. The average Bonchev–Trinajstić information content (AvgIpc) is 2.32. The van der Waals surface area contributed by atoms with Crippen molar-refractivity contribution < 1.29 is 4.39 Å². The summed E-state index contributed by atoms with van der Waals surface area (Å²) in [5, 5.41) is 9.39. The summed E-state index contributed by atoms with van der Waals surface area (Å²) in [6.45, 7) is 2.20. The van der Waals surface area contributed by atoms with E-state index in [-0.39, 0.29) is 5.82 Å². The van der Waals surface area contributed by atoms with Gasteiger partial charge in [0.25, 0.3) is 0 Å². The van der Waals surface area contributed by atoms with Crippen LogP contribution in [0.4, 0.5) is 4.39 Å². The molecule has 1 aliphatic carbocycles. The molecule has 1 aromatic rings. The van der Waals surface area contributed by atoms with Crippen LogP contribution in [-0.4, -0.2) is 0 Å². The number of nitriles is 1. The van der Waals surface area contributed by atoms with Gasteiger partial charge in [-0.15, -0.1) is 0 Å².